The second-order valence-corrected chi connectivity index (χ2v) is 9.00. The highest BCUT2D eigenvalue weighted by Crippen LogP contribution is 2.59. The van der Waals surface area contributed by atoms with Crippen molar-refractivity contribution in [2.45, 2.75) is 65.6 Å². The lowest BCUT2D eigenvalue weighted by Crippen LogP contribution is -2.58. The minimum atomic E-state index is -0.787. The Labute approximate surface area is 175 Å². The van der Waals surface area contributed by atoms with Gasteiger partial charge in [0.25, 0.3) is 0 Å². The molecule has 162 valence electrons. The third-order valence-corrected chi connectivity index (χ3v) is 6.94. The van der Waals surface area contributed by atoms with Crippen molar-refractivity contribution in [3.8, 4) is 0 Å². The van der Waals surface area contributed by atoms with Crippen LogP contribution in [0.15, 0.2) is 35.5 Å². The summed E-state index contributed by atoms with van der Waals surface area (Å²) in [6.07, 6.45) is 9.78. The van der Waals surface area contributed by atoms with E-state index in [0.29, 0.717) is 11.8 Å². The number of carbonyl (C=O) groups excluding carboxylic acids is 1. The van der Waals surface area contributed by atoms with Gasteiger partial charge in [-0.25, -0.2) is 0 Å². The second kappa shape index (κ2) is 8.75. The Morgan fingerprint density at radius 2 is 1.90 bits per heavy atom. The maximum atomic E-state index is 11.8. The number of esters is 1. The molecule has 0 amide bonds. The Bertz CT molecular complexity index is 704. The molecule has 0 N–H and O–H groups in total. The summed E-state index contributed by atoms with van der Waals surface area (Å²) >= 11 is 0. The molecule has 1 saturated carbocycles. The summed E-state index contributed by atoms with van der Waals surface area (Å²) in [5.74, 6) is -0.0620. The van der Waals surface area contributed by atoms with Gasteiger partial charge >= 0.3 is 5.97 Å². The number of fused-ring (bicyclic) bond motifs is 3. The highest BCUT2D eigenvalue weighted by Gasteiger charge is 2.64. The van der Waals surface area contributed by atoms with Crippen LogP contribution in [-0.2, 0) is 23.7 Å². The molecule has 0 aromatic rings. The van der Waals surface area contributed by atoms with Crippen LogP contribution in [0, 0.1) is 29.6 Å². The first kappa shape index (κ1) is 22.3. The van der Waals surface area contributed by atoms with Gasteiger partial charge in [0, 0.05) is 27.1 Å². The molecule has 2 fully saturated rings. The fraction of sp³-hybridized carbons (Fsp3) is 0.708. The van der Waals surface area contributed by atoms with Crippen molar-refractivity contribution in [2.24, 2.45) is 29.6 Å². The van der Waals surface area contributed by atoms with Crippen LogP contribution in [0.25, 0.3) is 0 Å². The van der Waals surface area contributed by atoms with E-state index in [0.717, 1.165) is 12.8 Å². The lowest BCUT2D eigenvalue weighted by Gasteiger charge is -2.50. The van der Waals surface area contributed by atoms with Gasteiger partial charge in [-0.15, -0.1) is 0 Å². The molecule has 0 aromatic carbocycles. The molecule has 1 saturated heterocycles. The van der Waals surface area contributed by atoms with Gasteiger partial charge in [0.05, 0.1) is 5.92 Å². The second-order valence-electron chi connectivity index (χ2n) is 9.00. The van der Waals surface area contributed by atoms with Crippen LogP contribution < -0.4 is 0 Å². The van der Waals surface area contributed by atoms with Crippen LogP contribution in [-0.4, -0.2) is 38.4 Å². The summed E-state index contributed by atoms with van der Waals surface area (Å²) in [7, 11) is 3.36. The van der Waals surface area contributed by atoms with Crippen LogP contribution >= 0.6 is 0 Å². The average molecular weight is 405 g/mol. The lowest BCUT2D eigenvalue weighted by atomic mass is 9.68. The van der Waals surface area contributed by atoms with E-state index in [-0.39, 0.29) is 29.8 Å². The molecule has 5 heteroatoms. The Morgan fingerprint density at radius 1 is 1.17 bits per heavy atom. The molecule has 2 aliphatic carbocycles. The quantitative estimate of drug-likeness (QED) is 0.477. The smallest absolute Gasteiger partial charge is 0.302 e. The molecule has 8 unspecified atom stereocenters. The molecule has 1 aliphatic heterocycles. The minimum Gasteiger partial charge on any atom is -0.462 e. The molecule has 0 radical (unpaired) electrons. The lowest BCUT2D eigenvalue weighted by molar-refractivity contribution is -0.352. The SMILES string of the molecule is COC1OC2(OC)C=CC(C)C2C2C(C(C)=CCC=C(C)C)CC(OC(C)=O)C12. The third-order valence-electron chi connectivity index (χ3n) is 6.94. The van der Waals surface area contributed by atoms with Crippen molar-refractivity contribution in [2.75, 3.05) is 14.2 Å². The van der Waals surface area contributed by atoms with Crippen LogP contribution in [0.5, 0.6) is 0 Å². The van der Waals surface area contributed by atoms with Gasteiger partial charge in [-0.05, 0) is 57.4 Å². The summed E-state index contributed by atoms with van der Waals surface area (Å²) in [6.45, 7) is 10.1. The molecule has 8 atom stereocenters. The molecule has 3 aliphatic rings. The molecule has 0 spiro atoms. The molecule has 0 bridgehead atoms. The third kappa shape index (κ3) is 4.10. The Morgan fingerprint density at radius 3 is 2.48 bits per heavy atom. The summed E-state index contributed by atoms with van der Waals surface area (Å²) in [5, 5.41) is 0. The van der Waals surface area contributed by atoms with Gasteiger partial charge in [-0.1, -0.05) is 36.3 Å². The summed E-state index contributed by atoms with van der Waals surface area (Å²) < 4.78 is 23.9. The van der Waals surface area contributed by atoms with E-state index in [1.165, 1.54) is 18.1 Å². The first-order valence-corrected chi connectivity index (χ1v) is 10.7. The van der Waals surface area contributed by atoms with Crippen molar-refractivity contribution in [3.05, 3.63) is 35.5 Å². The Balaban J connectivity index is 2.01. The predicted molar refractivity (Wildman–Crippen MR) is 112 cm³/mol. The summed E-state index contributed by atoms with van der Waals surface area (Å²) in [6, 6.07) is 0. The van der Waals surface area contributed by atoms with Crippen LogP contribution in [0.1, 0.15) is 47.5 Å². The van der Waals surface area contributed by atoms with Crippen LogP contribution in [0.3, 0.4) is 0 Å². The monoisotopic (exact) mass is 404 g/mol. The zero-order valence-electron chi connectivity index (χ0n) is 18.8. The van der Waals surface area contributed by atoms with E-state index in [4.69, 9.17) is 18.9 Å². The van der Waals surface area contributed by atoms with Crippen molar-refractivity contribution in [1.29, 1.82) is 0 Å². The molecule has 5 nitrogen and oxygen atoms in total. The van der Waals surface area contributed by atoms with Crippen molar-refractivity contribution in [1.82, 2.24) is 0 Å². The summed E-state index contributed by atoms with van der Waals surface area (Å²) in [5.41, 5.74) is 2.65. The number of hydrogen-bond acceptors (Lipinski definition) is 5. The Kier molecular flexibility index (Phi) is 6.71. The maximum Gasteiger partial charge on any atom is 0.302 e. The average Bonchev–Trinajstić information content (AvgIpc) is 3.19. The number of hydrogen-bond donors (Lipinski definition) is 0. The molecule has 1 heterocycles. The van der Waals surface area contributed by atoms with Gasteiger partial charge < -0.3 is 18.9 Å². The van der Waals surface area contributed by atoms with Gasteiger partial charge in [-0.3, -0.25) is 4.79 Å². The topological polar surface area (TPSA) is 54.0 Å². The van der Waals surface area contributed by atoms with Crippen molar-refractivity contribution >= 4 is 5.97 Å². The highest BCUT2D eigenvalue weighted by molar-refractivity contribution is 5.66. The minimum absolute atomic E-state index is 0.0173. The number of methoxy groups -OCH3 is 2. The van der Waals surface area contributed by atoms with Crippen molar-refractivity contribution < 1.29 is 23.7 Å². The van der Waals surface area contributed by atoms with Gasteiger partial charge in [0.15, 0.2) is 12.1 Å². The summed E-state index contributed by atoms with van der Waals surface area (Å²) in [4.78, 5) is 11.8. The van der Waals surface area contributed by atoms with E-state index in [1.54, 1.807) is 14.2 Å². The first-order chi connectivity index (χ1) is 13.7. The van der Waals surface area contributed by atoms with E-state index in [9.17, 15) is 4.79 Å². The molecular weight excluding hydrogens is 368 g/mol. The molecule has 29 heavy (non-hydrogen) atoms. The van der Waals surface area contributed by atoms with E-state index in [2.05, 4.69) is 45.9 Å². The standard InChI is InChI=1S/C24H36O5/c1-14(2)9-8-10-15(3)18-13-19(28-17(5)25)21-20(18)22-16(4)11-12-24(22,27-7)29-23(21)26-6/h9-12,16,18-23H,8,13H2,1-7H3. The molecular formula is C24H36O5. The van der Waals surface area contributed by atoms with Crippen LogP contribution in [0.2, 0.25) is 0 Å². The number of rotatable bonds is 6. The largest absolute Gasteiger partial charge is 0.462 e. The van der Waals surface area contributed by atoms with E-state index in [1.807, 2.05) is 6.08 Å². The van der Waals surface area contributed by atoms with Gasteiger partial charge in [0.2, 0.25) is 0 Å². The predicted octanol–water partition coefficient (Wildman–Crippen LogP) is 4.64. The number of carbonyl (C=O) groups is 1. The van der Waals surface area contributed by atoms with Gasteiger partial charge in [0.1, 0.15) is 6.10 Å². The van der Waals surface area contributed by atoms with Crippen LogP contribution in [0.4, 0.5) is 0 Å². The Hall–Kier alpha value is -1.43. The zero-order chi connectivity index (χ0) is 21.3. The van der Waals surface area contributed by atoms with Gasteiger partial charge in [-0.2, -0.15) is 0 Å². The fourth-order valence-corrected chi connectivity index (χ4v) is 5.73. The maximum absolute atomic E-state index is 11.8. The number of allylic oxidation sites excluding steroid dienone is 5. The first-order valence-electron chi connectivity index (χ1n) is 10.7. The normalized spacial score (nSPS) is 41.1. The fourth-order valence-electron chi connectivity index (χ4n) is 5.73. The molecule has 0 aromatic heterocycles. The van der Waals surface area contributed by atoms with E-state index >= 15 is 0 Å². The van der Waals surface area contributed by atoms with E-state index < -0.39 is 12.1 Å². The highest BCUT2D eigenvalue weighted by atomic mass is 16.8. The zero-order valence-corrected chi connectivity index (χ0v) is 18.8. The molecule has 3 rings (SSSR count). The van der Waals surface area contributed by atoms with Crippen molar-refractivity contribution in [3.63, 3.8) is 0 Å². The number of ether oxygens (including phenoxy) is 4.